The van der Waals surface area contributed by atoms with Gasteiger partial charge < -0.3 is 19.3 Å². The fourth-order valence-electron chi connectivity index (χ4n) is 1.50. The first kappa shape index (κ1) is 16.9. The minimum atomic E-state index is -1.23. The van der Waals surface area contributed by atoms with Gasteiger partial charge in [0.05, 0.1) is 30.3 Å². The van der Waals surface area contributed by atoms with E-state index in [9.17, 15) is 14.9 Å². The third kappa shape index (κ3) is 5.76. The van der Waals surface area contributed by atoms with Crippen molar-refractivity contribution < 1.29 is 29.0 Å². The van der Waals surface area contributed by atoms with Crippen LogP contribution in [-0.2, 0) is 9.47 Å². The summed E-state index contributed by atoms with van der Waals surface area (Å²) in [5, 5.41) is 19.7. The Morgan fingerprint density at radius 3 is 2.67 bits per heavy atom. The third-order valence-electron chi connectivity index (χ3n) is 2.52. The second-order valence-electron chi connectivity index (χ2n) is 4.05. The van der Waals surface area contributed by atoms with Crippen LogP contribution in [0.25, 0.3) is 0 Å². The summed E-state index contributed by atoms with van der Waals surface area (Å²) in [5.74, 6) is -1.18. The van der Waals surface area contributed by atoms with E-state index in [1.54, 1.807) is 7.11 Å². The van der Waals surface area contributed by atoms with Gasteiger partial charge in [0.1, 0.15) is 0 Å². The van der Waals surface area contributed by atoms with Gasteiger partial charge in [-0.25, -0.2) is 4.79 Å². The van der Waals surface area contributed by atoms with Crippen molar-refractivity contribution >= 4 is 11.7 Å². The van der Waals surface area contributed by atoms with Gasteiger partial charge in [0.15, 0.2) is 5.75 Å². The second kappa shape index (κ2) is 8.88. The smallest absolute Gasteiger partial charge is 0.335 e. The minimum Gasteiger partial charge on any atom is -0.487 e. The van der Waals surface area contributed by atoms with Crippen molar-refractivity contribution in [3.63, 3.8) is 0 Å². The third-order valence-corrected chi connectivity index (χ3v) is 2.52. The molecule has 116 valence electrons. The molecule has 1 aromatic rings. The molecule has 21 heavy (non-hydrogen) atoms. The number of methoxy groups -OCH3 is 1. The molecule has 0 spiro atoms. The molecule has 0 fully saturated rings. The molecule has 1 aromatic carbocycles. The van der Waals surface area contributed by atoms with Gasteiger partial charge in [-0.05, 0) is 12.1 Å². The zero-order valence-electron chi connectivity index (χ0n) is 11.6. The monoisotopic (exact) mass is 299 g/mol. The van der Waals surface area contributed by atoms with Crippen molar-refractivity contribution in [2.24, 2.45) is 0 Å². The molecule has 0 radical (unpaired) electrons. The molecule has 8 heteroatoms. The zero-order valence-corrected chi connectivity index (χ0v) is 11.6. The Kier molecular flexibility index (Phi) is 7.13. The number of aromatic carboxylic acids is 1. The normalized spacial score (nSPS) is 10.3. The largest absolute Gasteiger partial charge is 0.487 e. The Hall–Kier alpha value is -2.19. The predicted molar refractivity (Wildman–Crippen MR) is 72.9 cm³/mol. The van der Waals surface area contributed by atoms with Crippen LogP contribution in [0, 0.1) is 10.1 Å². The van der Waals surface area contributed by atoms with Gasteiger partial charge in [0.2, 0.25) is 0 Å². The molecular weight excluding hydrogens is 282 g/mol. The Morgan fingerprint density at radius 2 is 2.05 bits per heavy atom. The number of hydrogen-bond donors (Lipinski definition) is 1. The molecule has 0 saturated heterocycles. The maximum Gasteiger partial charge on any atom is 0.335 e. The number of carboxylic acid groups (broad SMARTS) is 1. The summed E-state index contributed by atoms with van der Waals surface area (Å²) in [6.45, 7) is 1.66. The van der Waals surface area contributed by atoms with Crippen molar-refractivity contribution in [3.8, 4) is 5.75 Å². The van der Waals surface area contributed by atoms with Crippen LogP contribution in [0.15, 0.2) is 18.2 Å². The highest BCUT2D eigenvalue weighted by molar-refractivity contribution is 5.88. The van der Waals surface area contributed by atoms with Crippen molar-refractivity contribution in [2.45, 2.75) is 6.42 Å². The first-order chi connectivity index (χ1) is 10.1. The number of hydrogen-bond acceptors (Lipinski definition) is 6. The number of rotatable bonds is 10. The summed E-state index contributed by atoms with van der Waals surface area (Å²) in [6, 6.07) is 3.53. The lowest BCUT2D eigenvalue weighted by Crippen LogP contribution is -2.08. The number of benzene rings is 1. The molecule has 0 aliphatic rings. The van der Waals surface area contributed by atoms with E-state index in [4.69, 9.17) is 19.3 Å². The predicted octanol–water partition coefficient (Wildman–Crippen LogP) is 1.72. The molecule has 0 unspecified atom stereocenters. The average Bonchev–Trinajstić information content (AvgIpc) is 2.46. The number of carboxylic acids is 1. The van der Waals surface area contributed by atoms with Crippen molar-refractivity contribution in [1.82, 2.24) is 0 Å². The van der Waals surface area contributed by atoms with Gasteiger partial charge in [-0.15, -0.1) is 0 Å². The number of nitrogens with zero attached hydrogens (tertiary/aromatic N) is 1. The molecule has 0 aliphatic carbocycles. The molecule has 0 atom stereocenters. The van der Waals surface area contributed by atoms with Crippen LogP contribution in [0.1, 0.15) is 16.8 Å². The molecule has 1 rings (SSSR count). The molecular formula is C13H17NO7. The summed E-state index contributed by atoms with van der Waals surface area (Å²) >= 11 is 0. The Bertz CT molecular complexity index is 489. The molecule has 0 amide bonds. The van der Waals surface area contributed by atoms with Crippen LogP contribution in [0.3, 0.4) is 0 Å². The summed E-state index contributed by atoms with van der Waals surface area (Å²) in [6.07, 6.45) is 0.557. The van der Waals surface area contributed by atoms with Crippen LogP contribution in [0.5, 0.6) is 5.75 Å². The van der Waals surface area contributed by atoms with Crippen LogP contribution in [-0.4, -0.2) is 49.5 Å². The van der Waals surface area contributed by atoms with Gasteiger partial charge in [0, 0.05) is 26.2 Å². The van der Waals surface area contributed by atoms with Crippen LogP contribution in [0.4, 0.5) is 5.69 Å². The van der Waals surface area contributed by atoms with E-state index in [0.29, 0.717) is 26.2 Å². The van der Waals surface area contributed by atoms with Gasteiger partial charge in [-0.2, -0.15) is 0 Å². The van der Waals surface area contributed by atoms with Gasteiger partial charge in [0.25, 0.3) is 0 Å². The summed E-state index contributed by atoms with van der Waals surface area (Å²) in [5.41, 5.74) is -0.521. The lowest BCUT2D eigenvalue weighted by Gasteiger charge is -2.07. The van der Waals surface area contributed by atoms with Gasteiger partial charge >= 0.3 is 11.7 Å². The highest BCUT2D eigenvalue weighted by Gasteiger charge is 2.18. The highest BCUT2D eigenvalue weighted by atomic mass is 16.6. The van der Waals surface area contributed by atoms with E-state index in [0.717, 1.165) is 6.07 Å². The van der Waals surface area contributed by atoms with Crippen molar-refractivity contribution in [1.29, 1.82) is 0 Å². The van der Waals surface area contributed by atoms with Crippen LogP contribution < -0.4 is 4.74 Å². The molecule has 0 saturated carbocycles. The fraction of sp³-hybridized carbons (Fsp3) is 0.462. The second-order valence-corrected chi connectivity index (χ2v) is 4.05. The van der Waals surface area contributed by atoms with E-state index >= 15 is 0 Å². The van der Waals surface area contributed by atoms with E-state index in [1.165, 1.54) is 12.1 Å². The Morgan fingerprint density at radius 1 is 1.29 bits per heavy atom. The topological polar surface area (TPSA) is 108 Å². The van der Waals surface area contributed by atoms with Gasteiger partial charge in [-0.3, -0.25) is 10.1 Å². The summed E-state index contributed by atoms with van der Waals surface area (Å²) in [7, 11) is 1.58. The van der Waals surface area contributed by atoms with E-state index in [1.807, 2.05) is 0 Å². The first-order valence-electron chi connectivity index (χ1n) is 6.27. The lowest BCUT2D eigenvalue weighted by atomic mass is 10.2. The Balaban J connectivity index is 2.51. The average molecular weight is 299 g/mol. The highest BCUT2D eigenvalue weighted by Crippen LogP contribution is 2.28. The molecule has 0 bridgehead atoms. The Labute approximate surface area is 121 Å². The number of nitro benzene ring substituents is 1. The SMILES string of the molecule is COCCOCCCOc1ccc(C(=O)O)cc1[N+](=O)[O-]. The quantitative estimate of drug-likeness (QED) is 0.398. The number of nitro groups is 1. The van der Waals surface area contributed by atoms with Crippen LogP contribution >= 0.6 is 0 Å². The summed E-state index contributed by atoms with van der Waals surface area (Å²) in [4.78, 5) is 21.0. The minimum absolute atomic E-state index is 0.0434. The summed E-state index contributed by atoms with van der Waals surface area (Å²) < 4.78 is 15.3. The maximum atomic E-state index is 10.9. The molecule has 0 heterocycles. The molecule has 0 aromatic heterocycles. The zero-order chi connectivity index (χ0) is 15.7. The van der Waals surface area contributed by atoms with Gasteiger partial charge in [-0.1, -0.05) is 0 Å². The first-order valence-corrected chi connectivity index (χ1v) is 6.27. The lowest BCUT2D eigenvalue weighted by molar-refractivity contribution is -0.385. The molecule has 1 N–H and O–H groups in total. The number of carbonyl (C=O) groups is 1. The standard InChI is InChI=1S/C13H17NO7/c1-19-7-8-20-5-2-6-21-12-4-3-10(13(15)16)9-11(12)14(17)18/h3-4,9H,2,5-8H2,1H3,(H,15,16). The number of ether oxygens (including phenoxy) is 3. The fourth-order valence-corrected chi connectivity index (χ4v) is 1.50. The van der Waals surface area contributed by atoms with E-state index in [2.05, 4.69) is 0 Å². The van der Waals surface area contributed by atoms with E-state index in [-0.39, 0.29) is 23.6 Å². The van der Waals surface area contributed by atoms with E-state index < -0.39 is 10.9 Å². The van der Waals surface area contributed by atoms with Crippen molar-refractivity contribution in [2.75, 3.05) is 33.5 Å². The van der Waals surface area contributed by atoms with Crippen molar-refractivity contribution in [3.05, 3.63) is 33.9 Å². The molecule has 0 aliphatic heterocycles. The molecule has 8 nitrogen and oxygen atoms in total. The maximum absolute atomic E-state index is 10.9. The van der Waals surface area contributed by atoms with Crippen LogP contribution in [0.2, 0.25) is 0 Å².